The molecule has 1 unspecified atom stereocenters. The van der Waals surface area contributed by atoms with E-state index in [4.69, 9.17) is 5.11 Å². The normalized spacial score (nSPS) is 14.3. The van der Waals surface area contributed by atoms with Gasteiger partial charge in [0.2, 0.25) is 0 Å². The molecule has 2 heteroatoms. The standard InChI is InChI=1S/C7H17NO/c1-4-7(2)5-8(3)6-9/h7,9H,4-6H2,1-3H3. The van der Waals surface area contributed by atoms with Crippen LogP contribution in [0.25, 0.3) is 0 Å². The molecule has 0 aromatic rings. The van der Waals surface area contributed by atoms with E-state index in [2.05, 4.69) is 13.8 Å². The van der Waals surface area contributed by atoms with Crippen LogP contribution in [0.3, 0.4) is 0 Å². The van der Waals surface area contributed by atoms with Crippen LogP contribution in [0.2, 0.25) is 0 Å². The molecule has 1 N–H and O–H groups in total. The topological polar surface area (TPSA) is 23.5 Å². The molecule has 2 nitrogen and oxygen atoms in total. The molecule has 9 heavy (non-hydrogen) atoms. The van der Waals surface area contributed by atoms with Crippen LogP contribution in [0.4, 0.5) is 0 Å². The van der Waals surface area contributed by atoms with E-state index in [1.807, 2.05) is 11.9 Å². The van der Waals surface area contributed by atoms with Gasteiger partial charge in [0, 0.05) is 6.54 Å². The largest absolute Gasteiger partial charge is 0.381 e. The average Bonchev–Trinajstić information content (AvgIpc) is 1.87. The summed E-state index contributed by atoms with van der Waals surface area (Å²) >= 11 is 0. The van der Waals surface area contributed by atoms with Crippen molar-refractivity contribution in [2.75, 3.05) is 20.3 Å². The Labute approximate surface area is 57.5 Å². The van der Waals surface area contributed by atoms with Crippen molar-refractivity contribution in [3.05, 3.63) is 0 Å². The van der Waals surface area contributed by atoms with Crippen molar-refractivity contribution >= 4 is 0 Å². The van der Waals surface area contributed by atoms with Crippen LogP contribution < -0.4 is 0 Å². The molecule has 0 aliphatic rings. The Morgan fingerprint density at radius 1 is 1.56 bits per heavy atom. The third kappa shape index (κ3) is 4.43. The molecule has 0 rings (SSSR count). The highest BCUT2D eigenvalue weighted by Gasteiger charge is 2.00. The molecule has 0 aromatic heterocycles. The van der Waals surface area contributed by atoms with E-state index in [9.17, 15) is 0 Å². The third-order valence-electron chi connectivity index (χ3n) is 1.56. The quantitative estimate of drug-likeness (QED) is 0.573. The molecule has 0 heterocycles. The maximum Gasteiger partial charge on any atom is 0.0954 e. The second-order valence-corrected chi connectivity index (χ2v) is 2.69. The lowest BCUT2D eigenvalue weighted by atomic mass is 10.1. The van der Waals surface area contributed by atoms with Crippen molar-refractivity contribution < 1.29 is 5.11 Å². The van der Waals surface area contributed by atoms with Gasteiger partial charge in [0.05, 0.1) is 6.73 Å². The zero-order chi connectivity index (χ0) is 7.28. The molecular weight excluding hydrogens is 114 g/mol. The Bertz CT molecular complexity index is 57.9. The molecule has 0 fully saturated rings. The van der Waals surface area contributed by atoms with Crippen LogP contribution in [-0.2, 0) is 0 Å². The van der Waals surface area contributed by atoms with Crippen molar-refractivity contribution in [3.8, 4) is 0 Å². The van der Waals surface area contributed by atoms with Gasteiger partial charge in [-0.25, -0.2) is 0 Å². The summed E-state index contributed by atoms with van der Waals surface area (Å²) in [7, 11) is 1.92. The predicted octanol–water partition coefficient (Wildman–Crippen LogP) is 0.914. The lowest BCUT2D eigenvalue weighted by Gasteiger charge is -2.16. The lowest BCUT2D eigenvalue weighted by molar-refractivity contribution is 0.118. The van der Waals surface area contributed by atoms with Gasteiger partial charge in [0.25, 0.3) is 0 Å². The van der Waals surface area contributed by atoms with E-state index in [1.54, 1.807) is 0 Å². The first kappa shape index (κ1) is 8.92. The Morgan fingerprint density at radius 2 is 2.11 bits per heavy atom. The number of hydrogen-bond donors (Lipinski definition) is 1. The minimum absolute atomic E-state index is 0.171. The van der Waals surface area contributed by atoms with Gasteiger partial charge in [-0.15, -0.1) is 0 Å². The number of aliphatic hydroxyl groups excluding tert-OH is 1. The van der Waals surface area contributed by atoms with Crippen LogP contribution >= 0.6 is 0 Å². The lowest BCUT2D eigenvalue weighted by Crippen LogP contribution is -2.24. The van der Waals surface area contributed by atoms with Gasteiger partial charge in [-0.2, -0.15) is 0 Å². The second-order valence-electron chi connectivity index (χ2n) is 2.69. The highest BCUT2D eigenvalue weighted by atomic mass is 16.3. The van der Waals surface area contributed by atoms with Crippen molar-refractivity contribution in [1.82, 2.24) is 4.90 Å². The summed E-state index contributed by atoms with van der Waals surface area (Å²) in [6, 6.07) is 0. The highest BCUT2D eigenvalue weighted by Crippen LogP contribution is 2.00. The zero-order valence-corrected chi connectivity index (χ0v) is 6.59. The predicted molar refractivity (Wildman–Crippen MR) is 39.2 cm³/mol. The van der Waals surface area contributed by atoms with Gasteiger partial charge < -0.3 is 5.11 Å². The second kappa shape index (κ2) is 4.77. The molecule has 0 saturated heterocycles. The monoisotopic (exact) mass is 131 g/mol. The minimum atomic E-state index is 0.171. The van der Waals surface area contributed by atoms with E-state index >= 15 is 0 Å². The molecule has 0 saturated carbocycles. The maximum atomic E-state index is 8.61. The summed E-state index contributed by atoms with van der Waals surface area (Å²) in [5, 5.41) is 8.61. The fourth-order valence-corrected chi connectivity index (χ4v) is 0.719. The third-order valence-corrected chi connectivity index (χ3v) is 1.56. The van der Waals surface area contributed by atoms with E-state index in [0.29, 0.717) is 5.92 Å². The Kier molecular flexibility index (Phi) is 4.72. The molecule has 0 aromatic carbocycles. The van der Waals surface area contributed by atoms with Crippen molar-refractivity contribution in [3.63, 3.8) is 0 Å². The summed E-state index contributed by atoms with van der Waals surface area (Å²) in [4.78, 5) is 1.91. The molecule has 56 valence electrons. The summed E-state index contributed by atoms with van der Waals surface area (Å²) < 4.78 is 0. The fraction of sp³-hybridized carbons (Fsp3) is 1.00. The van der Waals surface area contributed by atoms with Crippen LogP contribution in [-0.4, -0.2) is 30.3 Å². The van der Waals surface area contributed by atoms with E-state index in [1.165, 1.54) is 6.42 Å². The van der Waals surface area contributed by atoms with Crippen molar-refractivity contribution in [1.29, 1.82) is 0 Å². The minimum Gasteiger partial charge on any atom is -0.381 e. The first-order valence-corrected chi connectivity index (χ1v) is 3.50. The Morgan fingerprint density at radius 3 is 2.44 bits per heavy atom. The van der Waals surface area contributed by atoms with Crippen LogP contribution in [0, 0.1) is 5.92 Å². The molecule has 0 amide bonds. The van der Waals surface area contributed by atoms with Gasteiger partial charge in [-0.1, -0.05) is 20.3 Å². The fourth-order valence-electron chi connectivity index (χ4n) is 0.719. The Balaban J connectivity index is 3.22. The van der Waals surface area contributed by atoms with Gasteiger partial charge in [0.15, 0.2) is 0 Å². The number of rotatable bonds is 4. The first-order chi connectivity index (χ1) is 4.20. The van der Waals surface area contributed by atoms with Crippen LogP contribution in [0.15, 0.2) is 0 Å². The number of hydrogen-bond acceptors (Lipinski definition) is 2. The molecule has 0 spiro atoms. The molecule has 0 bridgehead atoms. The summed E-state index contributed by atoms with van der Waals surface area (Å²) in [5.74, 6) is 0.696. The molecule has 0 radical (unpaired) electrons. The summed E-state index contributed by atoms with van der Waals surface area (Å²) in [6.07, 6.45) is 1.18. The highest BCUT2D eigenvalue weighted by molar-refractivity contribution is 4.52. The Hall–Kier alpha value is -0.0800. The number of aliphatic hydroxyl groups is 1. The average molecular weight is 131 g/mol. The summed E-state index contributed by atoms with van der Waals surface area (Å²) in [6.45, 7) is 5.51. The number of nitrogens with zero attached hydrogens (tertiary/aromatic N) is 1. The van der Waals surface area contributed by atoms with E-state index in [0.717, 1.165) is 6.54 Å². The molecular formula is C7H17NO. The molecule has 0 aliphatic heterocycles. The van der Waals surface area contributed by atoms with Crippen molar-refractivity contribution in [2.24, 2.45) is 5.92 Å². The first-order valence-electron chi connectivity index (χ1n) is 3.50. The van der Waals surface area contributed by atoms with Crippen molar-refractivity contribution in [2.45, 2.75) is 20.3 Å². The van der Waals surface area contributed by atoms with Crippen LogP contribution in [0.5, 0.6) is 0 Å². The smallest absolute Gasteiger partial charge is 0.0954 e. The molecule has 0 aliphatic carbocycles. The summed E-state index contributed by atoms with van der Waals surface area (Å²) in [5.41, 5.74) is 0. The molecule has 1 atom stereocenters. The maximum absolute atomic E-state index is 8.61. The van der Waals surface area contributed by atoms with Crippen LogP contribution in [0.1, 0.15) is 20.3 Å². The van der Waals surface area contributed by atoms with Gasteiger partial charge >= 0.3 is 0 Å². The van der Waals surface area contributed by atoms with E-state index in [-0.39, 0.29) is 6.73 Å². The van der Waals surface area contributed by atoms with Gasteiger partial charge in [-0.05, 0) is 13.0 Å². The SMILES string of the molecule is CCC(C)CN(C)CO. The van der Waals surface area contributed by atoms with E-state index < -0.39 is 0 Å². The van der Waals surface area contributed by atoms with Gasteiger partial charge in [0.1, 0.15) is 0 Å². The zero-order valence-electron chi connectivity index (χ0n) is 6.59. The van der Waals surface area contributed by atoms with Gasteiger partial charge in [-0.3, -0.25) is 4.90 Å².